The summed E-state index contributed by atoms with van der Waals surface area (Å²) in [5.41, 5.74) is 2.16. The zero-order valence-corrected chi connectivity index (χ0v) is 47.2. The van der Waals surface area contributed by atoms with Crippen molar-refractivity contribution < 1.29 is 90.5 Å². The smallest absolute Gasteiger partial charge is 0.329 e. The number of carbonyl (C=O) groups excluding carboxylic acids is 8. The summed E-state index contributed by atoms with van der Waals surface area (Å²) in [5.74, 6) is -1.53. The third-order valence-electron chi connectivity index (χ3n) is 13.8. The van der Waals surface area contributed by atoms with E-state index in [2.05, 4.69) is 16.0 Å². The molecule has 3 atom stereocenters. The second-order valence-electron chi connectivity index (χ2n) is 19.3. The molecule has 0 saturated carbocycles. The number of ether oxygens (including phenoxy) is 11. The summed E-state index contributed by atoms with van der Waals surface area (Å²) in [6.45, 7) is 1.45. The summed E-state index contributed by atoms with van der Waals surface area (Å²) in [6.07, 6.45) is 1.98. The second-order valence-corrected chi connectivity index (χ2v) is 19.3. The Morgan fingerprint density at radius 2 is 1.28 bits per heavy atom. The molecule has 2 saturated heterocycles. The van der Waals surface area contributed by atoms with Gasteiger partial charge in [-0.25, -0.2) is 4.79 Å². The lowest BCUT2D eigenvalue weighted by Crippen LogP contribution is -2.54. The number of nitrogens with one attached hydrogen (secondary N) is 3. The number of hydrogen-bond donors (Lipinski definition) is 3. The highest BCUT2D eigenvalue weighted by Gasteiger charge is 2.46. The van der Waals surface area contributed by atoms with E-state index in [4.69, 9.17) is 52.1 Å². The van der Waals surface area contributed by atoms with Gasteiger partial charge in [0.2, 0.25) is 23.5 Å². The number of nitrogens with zero attached hydrogens (tertiary/aromatic N) is 2. The van der Waals surface area contributed by atoms with Crippen LogP contribution in [0.25, 0.3) is 0 Å². The number of piperidine rings is 2. The Hall–Kier alpha value is -8.48. The first-order valence-corrected chi connectivity index (χ1v) is 27.2. The standard InChI is InChI=1S/C59H71N5O19/c1-73-45-19-16-37(30-47(45)74-2)15-18-44(83-59(72)43-13-6-7-23-63(43)53(68)33-38-31-48(75-3)55(77-5)49(32-38)76-4)39-10-8-11-40(34-39)81-35-51(66)60-21-24-78-26-28-80-29-27-79-25-22-61-52(67)36-82-46-14-9-12-41-54(46)58(71)64(57(41)70)42-17-20-50(65)62-56(42)69/h8-12,14,16,19,30-32,34,42-44H,6-7,13,15,17-18,20-29,33,35-36H2,1-5H3,(H,60,66)(H,61,67)(H,62,65,69)/t42?,43-,44?/m0/s1. The van der Waals surface area contributed by atoms with Crippen molar-refractivity contribution in [1.82, 2.24) is 25.8 Å². The van der Waals surface area contributed by atoms with E-state index >= 15 is 0 Å². The number of amides is 7. The van der Waals surface area contributed by atoms with Gasteiger partial charge in [0.15, 0.2) is 36.2 Å². The van der Waals surface area contributed by atoms with Crippen LogP contribution in [0.3, 0.4) is 0 Å². The molecule has 0 radical (unpaired) electrons. The lowest BCUT2D eigenvalue weighted by atomic mass is 9.99. The van der Waals surface area contributed by atoms with Crippen LogP contribution in [-0.4, -0.2) is 177 Å². The summed E-state index contributed by atoms with van der Waals surface area (Å²) < 4.78 is 61.9. The van der Waals surface area contributed by atoms with Crippen LogP contribution in [0, 0.1) is 0 Å². The summed E-state index contributed by atoms with van der Waals surface area (Å²) in [5, 5.41) is 7.56. The van der Waals surface area contributed by atoms with Gasteiger partial charge in [-0.05, 0) is 104 Å². The average molecular weight is 1150 g/mol. The third-order valence-corrected chi connectivity index (χ3v) is 13.8. The average Bonchev–Trinajstić information content (AvgIpc) is 4.04. The Bertz CT molecular complexity index is 2930. The fraction of sp³-hybridized carbons (Fsp3) is 0.458. The molecule has 3 heterocycles. The second kappa shape index (κ2) is 31.1. The Labute approximate surface area is 480 Å². The number of likely N-dealkylation sites (tertiary alicyclic amines) is 1. The van der Waals surface area contributed by atoms with Crippen LogP contribution in [0.5, 0.6) is 40.2 Å². The van der Waals surface area contributed by atoms with Crippen LogP contribution in [0.4, 0.5) is 0 Å². The first-order valence-electron chi connectivity index (χ1n) is 27.2. The maximum Gasteiger partial charge on any atom is 0.329 e. The molecular formula is C59H71N5O19. The zero-order valence-electron chi connectivity index (χ0n) is 47.2. The van der Waals surface area contributed by atoms with Crippen molar-refractivity contribution in [3.63, 3.8) is 0 Å². The van der Waals surface area contributed by atoms with Crippen molar-refractivity contribution in [3.8, 4) is 40.2 Å². The minimum Gasteiger partial charge on any atom is -0.493 e. The predicted octanol–water partition coefficient (Wildman–Crippen LogP) is 3.71. The SMILES string of the molecule is COc1ccc(CCC(OC(=O)[C@@H]2CCCCN2C(=O)Cc2cc(OC)c(OC)c(OC)c2)c2cccc(OCC(=O)NCCOCCOCCOCCNC(=O)COc3cccc4c3C(=O)N(C3CCC(=O)NC3=O)C4=O)c2)cc1OC. The number of rotatable bonds is 32. The minimum atomic E-state index is -1.13. The van der Waals surface area contributed by atoms with Crippen molar-refractivity contribution in [2.75, 3.05) is 108 Å². The number of hydrogen-bond acceptors (Lipinski definition) is 19. The molecule has 0 bridgehead atoms. The van der Waals surface area contributed by atoms with Gasteiger partial charge in [-0.2, -0.15) is 0 Å². The quantitative estimate of drug-likeness (QED) is 0.0357. The molecule has 24 nitrogen and oxygen atoms in total. The Morgan fingerprint density at radius 3 is 1.93 bits per heavy atom. The van der Waals surface area contributed by atoms with Crippen LogP contribution < -0.4 is 49.1 Å². The number of imide groups is 2. The van der Waals surface area contributed by atoms with Gasteiger partial charge in [0.05, 0.1) is 92.7 Å². The fourth-order valence-corrected chi connectivity index (χ4v) is 9.71. The van der Waals surface area contributed by atoms with Gasteiger partial charge in [-0.15, -0.1) is 0 Å². The molecule has 7 amide bonds. The Balaban J connectivity index is 0.796. The lowest BCUT2D eigenvalue weighted by molar-refractivity contribution is -0.162. The molecule has 3 aliphatic rings. The van der Waals surface area contributed by atoms with E-state index in [1.807, 2.05) is 24.3 Å². The molecule has 0 aromatic heterocycles. The van der Waals surface area contributed by atoms with Crippen LogP contribution in [-0.2, 0) is 60.6 Å². The van der Waals surface area contributed by atoms with Gasteiger partial charge in [-0.1, -0.05) is 24.3 Å². The summed E-state index contributed by atoms with van der Waals surface area (Å²) in [4.78, 5) is 106. The van der Waals surface area contributed by atoms with Gasteiger partial charge in [0.1, 0.15) is 29.7 Å². The lowest BCUT2D eigenvalue weighted by Gasteiger charge is -2.35. The predicted molar refractivity (Wildman–Crippen MR) is 295 cm³/mol. The van der Waals surface area contributed by atoms with Crippen molar-refractivity contribution in [2.45, 2.75) is 69.6 Å². The van der Waals surface area contributed by atoms with Crippen molar-refractivity contribution >= 4 is 47.3 Å². The maximum atomic E-state index is 14.3. The number of carbonyl (C=O) groups is 8. The Morgan fingerprint density at radius 1 is 0.639 bits per heavy atom. The molecule has 2 fully saturated rings. The molecule has 0 aliphatic carbocycles. The highest BCUT2D eigenvalue weighted by Crippen LogP contribution is 2.39. The first kappa shape index (κ1) is 62.1. The van der Waals surface area contributed by atoms with Crippen molar-refractivity contribution in [2.24, 2.45) is 0 Å². The molecule has 4 aromatic rings. The van der Waals surface area contributed by atoms with E-state index in [0.29, 0.717) is 71.4 Å². The molecule has 3 aliphatic heterocycles. The fourth-order valence-electron chi connectivity index (χ4n) is 9.71. The monoisotopic (exact) mass is 1150 g/mol. The topological polar surface area (TPSA) is 281 Å². The van der Waals surface area contributed by atoms with E-state index in [1.165, 1.54) is 39.5 Å². The van der Waals surface area contributed by atoms with Crippen LogP contribution in [0.1, 0.15) is 82.0 Å². The third kappa shape index (κ3) is 16.8. The molecule has 24 heteroatoms. The van der Waals surface area contributed by atoms with Crippen LogP contribution in [0.15, 0.2) is 72.8 Å². The molecule has 2 unspecified atom stereocenters. The number of esters is 1. The Kier molecular flexibility index (Phi) is 23.3. The van der Waals surface area contributed by atoms with Gasteiger partial charge in [0, 0.05) is 26.1 Å². The molecule has 0 spiro atoms. The summed E-state index contributed by atoms with van der Waals surface area (Å²) in [7, 11) is 7.63. The van der Waals surface area contributed by atoms with Gasteiger partial charge in [0.25, 0.3) is 23.6 Å². The van der Waals surface area contributed by atoms with E-state index in [0.717, 1.165) is 23.3 Å². The maximum absolute atomic E-state index is 14.3. The summed E-state index contributed by atoms with van der Waals surface area (Å²) in [6, 6.07) is 18.5. The van der Waals surface area contributed by atoms with Crippen LogP contribution in [0.2, 0.25) is 0 Å². The van der Waals surface area contributed by atoms with E-state index in [9.17, 15) is 38.4 Å². The summed E-state index contributed by atoms with van der Waals surface area (Å²) >= 11 is 0. The van der Waals surface area contributed by atoms with Crippen molar-refractivity contribution in [1.29, 1.82) is 0 Å². The van der Waals surface area contributed by atoms with E-state index < -0.39 is 60.3 Å². The number of aryl methyl sites for hydroxylation is 1. The first-order chi connectivity index (χ1) is 40.3. The van der Waals surface area contributed by atoms with Crippen LogP contribution >= 0.6 is 0 Å². The molecule has 3 N–H and O–H groups in total. The highest BCUT2D eigenvalue weighted by molar-refractivity contribution is 6.24. The van der Waals surface area contributed by atoms with E-state index in [1.54, 1.807) is 49.5 Å². The van der Waals surface area contributed by atoms with Gasteiger partial charge >= 0.3 is 5.97 Å². The molecule has 83 heavy (non-hydrogen) atoms. The largest absolute Gasteiger partial charge is 0.493 e. The highest BCUT2D eigenvalue weighted by atomic mass is 16.6. The van der Waals surface area contributed by atoms with Gasteiger partial charge < -0.3 is 67.6 Å². The molecular weight excluding hydrogens is 1080 g/mol. The van der Waals surface area contributed by atoms with Crippen molar-refractivity contribution in [3.05, 3.63) is 101 Å². The van der Waals surface area contributed by atoms with Gasteiger partial charge in [-0.3, -0.25) is 43.8 Å². The number of benzene rings is 4. The minimum absolute atomic E-state index is 0.0104. The molecule has 4 aromatic carbocycles. The van der Waals surface area contributed by atoms with E-state index in [-0.39, 0.29) is 107 Å². The zero-order chi connectivity index (χ0) is 59.3. The number of methoxy groups -OCH3 is 5. The normalized spacial score (nSPS) is 16.1. The number of fused-ring (bicyclic) bond motifs is 1. The molecule has 446 valence electrons. The molecule has 7 rings (SSSR count).